The molecule has 0 radical (unpaired) electrons. The van der Waals surface area contributed by atoms with Gasteiger partial charge in [0.25, 0.3) is 17.5 Å². The number of carbonyl (C=O) groups is 3. The van der Waals surface area contributed by atoms with Crippen LogP contribution in [0.25, 0.3) is 6.08 Å². The number of nitriles is 1. The van der Waals surface area contributed by atoms with Crippen molar-refractivity contribution in [2.24, 2.45) is 0 Å². The van der Waals surface area contributed by atoms with E-state index in [2.05, 4.69) is 34.2 Å². The highest BCUT2D eigenvalue weighted by atomic mass is 32.2. The Hall–Kier alpha value is -6.03. The molecule has 1 aliphatic carbocycles. The third-order valence-electron chi connectivity index (χ3n) is 8.31. The molecule has 1 atom stereocenters. The van der Waals surface area contributed by atoms with Gasteiger partial charge in [-0.3, -0.25) is 24.5 Å². The lowest BCUT2D eigenvalue weighted by Crippen LogP contribution is -2.30. The quantitative estimate of drug-likeness (QED) is 0.0543. The van der Waals surface area contributed by atoms with Gasteiger partial charge in [-0.25, -0.2) is 0 Å². The van der Waals surface area contributed by atoms with Gasteiger partial charge in [0, 0.05) is 33.2 Å². The zero-order valence-corrected chi connectivity index (χ0v) is 28.8. The molecule has 254 valence electrons. The van der Waals surface area contributed by atoms with E-state index in [1.807, 2.05) is 24.3 Å². The van der Waals surface area contributed by atoms with Crippen LogP contribution in [0, 0.1) is 21.4 Å². The van der Waals surface area contributed by atoms with Crippen molar-refractivity contribution >= 4 is 63.3 Å². The molecule has 3 amide bonds. The number of benzene rings is 4. The number of nitro groups is 1. The van der Waals surface area contributed by atoms with Crippen LogP contribution in [-0.4, -0.2) is 28.4 Å². The highest BCUT2D eigenvalue weighted by molar-refractivity contribution is 8.00. The maximum Gasteiger partial charge on any atom is 0.272 e. The van der Waals surface area contributed by atoms with Crippen LogP contribution in [-0.2, 0) is 22.4 Å². The summed E-state index contributed by atoms with van der Waals surface area (Å²) >= 11 is 2.75. The Labute approximate surface area is 302 Å². The third-order valence-corrected chi connectivity index (χ3v) is 10.5. The topological polar surface area (TPSA) is 154 Å². The first-order chi connectivity index (χ1) is 24.8. The Morgan fingerprint density at radius 3 is 2.37 bits per heavy atom. The molecule has 6 rings (SSSR count). The fourth-order valence-corrected chi connectivity index (χ4v) is 7.83. The zero-order chi connectivity index (χ0) is 35.7. The molecule has 0 aliphatic heterocycles. The molecular formula is C39H31N5O5S2. The Morgan fingerprint density at radius 1 is 0.941 bits per heavy atom. The van der Waals surface area contributed by atoms with Gasteiger partial charge in [-0.15, -0.1) is 23.1 Å². The van der Waals surface area contributed by atoms with E-state index in [4.69, 9.17) is 0 Å². The molecule has 12 heteroatoms. The number of nitrogens with zero attached hydrogens (tertiary/aromatic N) is 2. The second kappa shape index (κ2) is 16.1. The van der Waals surface area contributed by atoms with Gasteiger partial charge < -0.3 is 16.0 Å². The Morgan fingerprint density at radius 2 is 1.67 bits per heavy atom. The standard InChI is InChI=1S/C39H31N5O5S2/c40-23-33-32-19-16-28(26-8-3-1-4-9-26)21-35(32)51-39(33)43-36(45)24-50-31-13-7-12-29(22-31)41-38(47)34(42-37(46)27-10-5-2-6-11-27)20-25-14-17-30(18-15-25)44(48)49/h1-15,17-18,20,22,28H,16,19,21,24H2,(H,41,47)(H,42,46)(H,43,45)/b34-20+. The minimum Gasteiger partial charge on any atom is -0.321 e. The first-order valence-corrected chi connectivity index (χ1v) is 17.8. The largest absolute Gasteiger partial charge is 0.321 e. The summed E-state index contributed by atoms with van der Waals surface area (Å²) in [4.78, 5) is 51.9. The number of rotatable bonds is 11. The summed E-state index contributed by atoms with van der Waals surface area (Å²) < 4.78 is 0. The minimum atomic E-state index is -0.613. The lowest BCUT2D eigenvalue weighted by atomic mass is 9.83. The Balaban J connectivity index is 1.11. The van der Waals surface area contributed by atoms with E-state index in [9.17, 15) is 29.8 Å². The lowest BCUT2D eigenvalue weighted by molar-refractivity contribution is -0.384. The summed E-state index contributed by atoms with van der Waals surface area (Å²) in [5.74, 6) is -0.907. The second-order valence-corrected chi connectivity index (χ2v) is 13.9. The molecule has 0 bridgehead atoms. The smallest absolute Gasteiger partial charge is 0.272 e. The summed E-state index contributed by atoms with van der Waals surface area (Å²) in [7, 11) is 0. The SMILES string of the molecule is N#Cc1c(NC(=O)CSc2cccc(NC(=O)/C(=C\c3ccc([N+](=O)[O-])cc3)NC(=O)c3ccccc3)c2)sc2c1CCC(c1ccccc1)C2. The summed E-state index contributed by atoms with van der Waals surface area (Å²) in [5.41, 5.74) is 3.92. The lowest BCUT2D eigenvalue weighted by Gasteiger charge is -2.22. The number of carbonyl (C=O) groups excluding carboxylic acids is 3. The van der Waals surface area contributed by atoms with Gasteiger partial charge >= 0.3 is 0 Å². The molecular weight excluding hydrogens is 683 g/mol. The van der Waals surface area contributed by atoms with Gasteiger partial charge in [0.2, 0.25) is 5.91 Å². The predicted molar refractivity (Wildman–Crippen MR) is 200 cm³/mol. The van der Waals surface area contributed by atoms with E-state index >= 15 is 0 Å². The van der Waals surface area contributed by atoms with Gasteiger partial charge in [-0.1, -0.05) is 54.6 Å². The first kappa shape index (κ1) is 34.8. The molecule has 0 spiro atoms. The third kappa shape index (κ3) is 8.77. The molecule has 1 unspecified atom stereocenters. The van der Waals surface area contributed by atoms with Crippen LogP contribution in [0.1, 0.15) is 49.8 Å². The second-order valence-electron chi connectivity index (χ2n) is 11.7. The van der Waals surface area contributed by atoms with Crippen molar-refractivity contribution in [2.75, 3.05) is 16.4 Å². The van der Waals surface area contributed by atoms with Crippen LogP contribution in [0.3, 0.4) is 0 Å². The zero-order valence-electron chi connectivity index (χ0n) is 27.1. The van der Waals surface area contributed by atoms with Crippen molar-refractivity contribution in [2.45, 2.75) is 30.1 Å². The van der Waals surface area contributed by atoms with E-state index in [-0.39, 0.29) is 23.0 Å². The number of thioether (sulfide) groups is 1. The molecule has 0 fully saturated rings. The number of nitro benzene ring substituents is 1. The predicted octanol–water partition coefficient (Wildman–Crippen LogP) is 7.94. The number of nitrogens with one attached hydrogen (secondary N) is 3. The monoisotopic (exact) mass is 713 g/mol. The molecule has 5 aromatic rings. The van der Waals surface area contributed by atoms with Gasteiger partial charge in [0.15, 0.2) is 0 Å². The minimum absolute atomic E-state index is 0.0721. The van der Waals surface area contributed by atoms with Crippen LogP contribution in [0.15, 0.2) is 120 Å². The summed E-state index contributed by atoms with van der Waals surface area (Å²) in [5, 5.41) is 30.0. The van der Waals surface area contributed by atoms with Crippen molar-refractivity contribution in [3.63, 3.8) is 0 Å². The van der Waals surface area contributed by atoms with Crippen LogP contribution >= 0.6 is 23.1 Å². The maximum absolute atomic E-state index is 13.5. The summed E-state index contributed by atoms with van der Waals surface area (Å²) in [6, 6.07) is 33.6. The first-order valence-electron chi connectivity index (χ1n) is 16.0. The van der Waals surface area contributed by atoms with Crippen molar-refractivity contribution in [3.05, 3.63) is 158 Å². The fraction of sp³-hybridized carbons (Fsp3) is 0.128. The molecule has 10 nitrogen and oxygen atoms in total. The van der Waals surface area contributed by atoms with E-state index in [0.717, 1.165) is 29.7 Å². The van der Waals surface area contributed by atoms with E-state index in [1.165, 1.54) is 59.0 Å². The molecule has 1 heterocycles. The normalized spacial score (nSPS) is 13.7. The number of anilines is 2. The number of amides is 3. The molecule has 4 aromatic carbocycles. The van der Waals surface area contributed by atoms with Crippen LogP contribution in [0.5, 0.6) is 0 Å². The van der Waals surface area contributed by atoms with Crippen molar-refractivity contribution in [1.82, 2.24) is 5.32 Å². The van der Waals surface area contributed by atoms with Crippen molar-refractivity contribution in [3.8, 4) is 6.07 Å². The van der Waals surface area contributed by atoms with Crippen molar-refractivity contribution in [1.29, 1.82) is 5.26 Å². The number of non-ortho nitro benzene ring substituents is 1. The van der Waals surface area contributed by atoms with E-state index < -0.39 is 16.7 Å². The molecule has 3 N–H and O–H groups in total. The van der Waals surface area contributed by atoms with Crippen LogP contribution < -0.4 is 16.0 Å². The van der Waals surface area contributed by atoms with E-state index in [1.54, 1.807) is 48.5 Å². The summed E-state index contributed by atoms with van der Waals surface area (Å²) in [6.07, 6.45) is 4.01. The van der Waals surface area contributed by atoms with Gasteiger partial charge in [0.1, 0.15) is 16.8 Å². The molecule has 0 saturated carbocycles. The molecule has 1 aliphatic rings. The number of fused-ring (bicyclic) bond motifs is 1. The van der Waals surface area contributed by atoms with E-state index in [0.29, 0.717) is 38.2 Å². The maximum atomic E-state index is 13.5. The van der Waals surface area contributed by atoms with Gasteiger partial charge in [-0.05, 0) is 90.4 Å². The van der Waals surface area contributed by atoms with Gasteiger partial charge in [-0.2, -0.15) is 5.26 Å². The number of hydrogen-bond acceptors (Lipinski definition) is 8. The fourth-order valence-electron chi connectivity index (χ4n) is 5.78. The molecule has 0 saturated heterocycles. The van der Waals surface area contributed by atoms with Gasteiger partial charge in [0.05, 0.1) is 16.2 Å². The Kier molecular flexibility index (Phi) is 11.0. The average Bonchev–Trinajstić information content (AvgIpc) is 3.50. The summed E-state index contributed by atoms with van der Waals surface area (Å²) in [6.45, 7) is 0. The highest BCUT2D eigenvalue weighted by Gasteiger charge is 2.27. The molecule has 51 heavy (non-hydrogen) atoms. The van der Waals surface area contributed by atoms with Crippen molar-refractivity contribution < 1.29 is 19.3 Å². The Bertz CT molecular complexity index is 2160. The van der Waals surface area contributed by atoms with Crippen LogP contribution in [0.4, 0.5) is 16.4 Å². The number of hydrogen-bond donors (Lipinski definition) is 3. The molecule has 1 aromatic heterocycles. The average molecular weight is 714 g/mol. The van der Waals surface area contributed by atoms with Crippen LogP contribution in [0.2, 0.25) is 0 Å². The number of thiophene rings is 1. The highest BCUT2D eigenvalue weighted by Crippen LogP contribution is 2.42.